The summed E-state index contributed by atoms with van der Waals surface area (Å²) in [5.41, 5.74) is 9.81. The molecule has 1 N–H and O–H groups in total. The molecular weight excluding hydrogens is 438 g/mol. The Morgan fingerprint density at radius 1 is 1.00 bits per heavy atom. The van der Waals surface area contributed by atoms with Gasteiger partial charge in [-0.25, -0.2) is 9.98 Å². The van der Waals surface area contributed by atoms with E-state index >= 15 is 0 Å². The number of anilines is 1. The molecule has 2 heterocycles. The first-order valence-corrected chi connectivity index (χ1v) is 12.1. The Morgan fingerprint density at radius 3 is 2.50 bits per heavy atom. The molecule has 6 heteroatoms. The molecule has 0 bridgehead atoms. The van der Waals surface area contributed by atoms with E-state index in [9.17, 15) is 0 Å². The molecule has 4 aromatic rings. The second-order valence-electron chi connectivity index (χ2n) is 8.93. The normalized spacial score (nSPS) is 16.5. The maximum atomic E-state index is 4.82. The van der Waals surface area contributed by atoms with Crippen LogP contribution in [0.25, 0.3) is 10.2 Å². The number of allylic oxidation sites excluding steroid dienone is 2. The second-order valence-corrected chi connectivity index (χ2v) is 9.96. The van der Waals surface area contributed by atoms with Crippen LogP contribution in [0.5, 0.6) is 0 Å². The first-order chi connectivity index (χ1) is 16.4. The van der Waals surface area contributed by atoms with Crippen LogP contribution in [-0.4, -0.2) is 24.1 Å². The van der Waals surface area contributed by atoms with Crippen molar-refractivity contribution in [2.45, 2.75) is 26.2 Å². The molecule has 0 fully saturated rings. The Labute approximate surface area is 204 Å². The van der Waals surface area contributed by atoms with E-state index < -0.39 is 0 Å². The Morgan fingerprint density at radius 2 is 1.74 bits per heavy atom. The number of likely N-dealkylation sites (N-methyl/N-ethyl adjacent to an activating group) is 1. The van der Waals surface area contributed by atoms with Gasteiger partial charge in [0.1, 0.15) is 0 Å². The van der Waals surface area contributed by atoms with Gasteiger partial charge in [-0.3, -0.25) is 5.43 Å². The lowest BCUT2D eigenvalue weighted by Gasteiger charge is -2.23. The number of fused-ring (bicyclic) bond motifs is 2. The largest absolute Gasteiger partial charge is 0.347 e. The summed E-state index contributed by atoms with van der Waals surface area (Å²) in [6, 6.07) is 24.8. The van der Waals surface area contributed by atoms with Gasteiger partial charge >= 0.3 is 0 Å². The summed E-state index contributed by atoms with van der Waals surface area (Å²) < 4.78 is 1.12. The molecule has 34 heavy (non-hydrogen) atoms. The second kappa shape index (κ2) is 8.88. The number of aliphatic imine (C=N–C) groups is 1. The van der Waals surface area contributed by atoms with Gasteiger partial charge in [0.05, 0.1) is 15.9 Å². The van der Waals surface area contributed by atoms with Crippen LogP contribution >= 0.6 is 11.3 Å². The maximum absolute atomic E-state index is 4.82. The third-order valence-electron chi connectivity index (χ3n) is 6.19. The number of para-hydroxylation sites is 2. The number of hydrazone groups is 1. The lowest BCUT2D eigenvalue weighted by Crippen LogP contribution is -2.23. The predicted molar refractivity (Wildman–Crippen MR) is 145 cm³/mol. The van der Waals surface area contributed by atoms with Gasteiger partial charge < -0.3 is 4.90 Å². The molecular formula is C28H27N5S. The summed E-state index contributed by atoms with van der Waals surface area (Å²) in [4.78, 5) is 11.8. The van der Waals surface area contributed by atoms with Crippen molar-refractivity contribution in [1.29, 1.82) is 0 Å². The Kier molecular flexibility index (Phi) is 5.75. The third kappa shape index (κ3) is 4.13. The highest BCUT2D eigenvalue weighted by molar-refractivity contribution is 7.20. The molecule has 1 aliphatic heterocycles. The molecule has 1 aromatic heterocycles. The highest BCUT2D eigenvalue weighted by Crippen LogP contribution is 2.46. The van der Waals surface area contributed by atoms with E-state index in [0.717, 1.165) is 20.9 Å². The molecule has 0 unspecified atom stereocenters. The minimum atomic E-state index is -0.0940. The fraction of sp³-hybridized carbons (Fsp3) is 0.179. The van der Waals surface area contributed by atoms with Crippen molar-refractivity contribution < 1.29 is 0 Å². The topological polar surface area (TPSA) is 52.9 Å². The van der Waals surface area contributed by atoms with Gasteiger partial charge in [-0.1, -0.05) is 61.9 Å². The SMILES string of the molecule is Cc1ccc(N=C(N/N=C/C=C2N(C)c3ccccc3C2(C)C)c2nc3ccccc3s2)cc1. The molecule has 1 aliphatic rings. The Hall–Kier alpha value is -3.77. The minimum Gasteiger partial charge on any atom is -0.347 e. The van der Waals surface area contributed by atoms with Crippen LogP contribution in [0.3, 0.4) is 0 Å². The van der Waals surface area contributed by atoms with E-state index in [1.54, 1.807) is 17.6 Å². The number of hydrogen-bond acceptors (Lipinski definition) is 5. The third-order valence-corrected chi connectivity index (χ3v) is 7.23. The molecule has 0 spiro atoms. The summed E-state index contributed by atoms with van der Waals surface area (Å²) >= 11 is 1.60. The average Bonchev–Trinajstić information content (AvgIpc) is 3.35. The van der Waals surface area contributed by atoms with Gasteiger partial charge in [-0.05, 0) is 48.9 Å². The molecule has 0 atom stereocenters. The summed E-state index contributed by atoms with van der Waals surface area (Å²) in [5, 5.41) is 5.32. The first-order valence-electron chi connectivity index (χ1n) is 11.3. The predicted octanol–water partition coefficient (Wildman–Crippen LogP) is 6.57. The number of aromatic nitrogens is 1. The zero-order chi connectivity index (χ0) is 23.7. The number of benzene rings is 3. The molecule has 170 valence electrons. The van der Waals surface area contributed by atoms with Crippen LogP contribution in [0, 0.1) is 6.92 Å². The van der Waals surface area contributed by atoms with Crippen LogP contribution in [0.1, 0.15) is 30.0 Å². The smallest absolute Gasteiger partial charge is 0.183 e. The summed E-state index contributed by atoms with van der Waals surface area (Å²) in [6.45, 7) is 6.56. The summed E-state index contributed by atoms with van der Waals surface area (Å²) in [6.07, 6.45) is 3.87. The van der Waals surface area contributed by atoms with E-state index in [1.165, 1.54) is 22.5 Å². The molecule has 0 aliphatic carbocycles. The standard InChI is InChI=1S/C28H27N5S/c1-19-13-15-20(16-14-19)30-26(27-31-22-10-6-8-12-24(22)34-27)32-29-18-17-25-28(2,3)21-9-5-7-11-23(21)33(25)4/h5-18H,1-4H3,(H,30,32)/b25-17?,29-18+. The molecule has 0 saturated carbocycles. The van der Waals surface area contributed by atoms with E-state index in [2.05, 4.69) is 91.8 Å². The molecule has 3 aromatic carbocycles. The Bertz CT molecular complexity index is 1390. The number of rotatable bonds is 4. The van der Waals surface area contributed by atoms with Gasteiger partial charge in [0, 0.05) is 30.1 Å². The van der Waals surface area contributed by atoms with E-state index in [1.807, 2.05) is 30.3 Å². The fourth-order valence-electron chi connectivity index (χ4n) is 4.35. The van der Waals surface area contributed by atoms with Crippen molar-refractivity contribution in [3.8, 4) is 0 Å². The van der Waals surface area contributed by atoms with Crippen LogP contribution in [0.2, 0.25) is 0 Å². The van der Waals surface area contributed by atoms with E-state index in [-0.39, 0.29) is 5.41 Å². The molecule has 5 nitrogen and oxygen atoms in total. The van der Waals surface area contributed by atoms with Gasteiger partial charge in [0.2, 0.25) is 0 Å². The van der Waals surface area contributed by atoms with Crippen molar-refractivity contribution in [3.63, 3.8) is 0 Å². The Balaban J connectivity index is 1.45. The van der Waals surface area contributed by atoms with Crippen LogP contribution < -0.4 is 10.3 Å². The highest BCUT2D eigenvalue weighted by atomic mass is 32.1. The lowest BCUT2D eigenvalue weighted by atomic mass is 9.84. The number of hydrogen-bond donors (Lipinski definition) is 1. The van der Waals surface area contributed by atoms with Crippen LogP contribution in [-0.2, 0) is 5.41 Å². The van der Waals surface area contributed by atoms with Crippen LogP contribution in [0.4, 0.5) is 11.4 Å². The van der Waals surface area contributed by atoms with E-state index in [4.69, 9.17) is 9.98 Å². The minimum absolute atomic E-state index is 0.0940. The zero-order valence-corrected chi connectivity index (χ0v) is 20.6. The lowest BCUT2D eigenvalue weighted by molar-refractivity contribution is 0.641. The van der Waals surface area contributed by atoms with E-state index in [0.29, 0.717) is 5.84 Å². The van der Waals surface area contributed by atoms with Crippen molar-refractivity contribution >= 4 is 45.0 Å². The zero-order valence-electron chi connectivity index (χ0n) is 19.8. The molecule has 0 amide bonds. The van der Waals surface area contributed by atoms with Crippen molar-refractivity contribution in [2.24, 2.45) is 10.1 Å². The number of amidine groups is 1. The van der Waals surface area contributed by atoms with Crippen molar-refractivity contribution in [3.05, 3.63) is 101 Å². The molecule has 0 saturated heterocycles. The van der Waals surface area contributed by atoms with Crippen molar-refractivity contribution in [1.82, 2.24) is 10.4 Å². The summed E-state index contributed by atoms with van der Waals surface area (Å²) in [5.74, 6) is 0.627. The number of nitrogens with one attached hydrogen (secondary N) is 1. The monoisotopic (exact) mass is 465 g/mol. The number of aryl methyl sites for hydroxylation is 1. The molecule has 0 radical (unpaired) electrons. The molecule has 5 rings (SSSR count). The highest BCUT2D eigenvalue weighted by Gasteiger charge is 2.37. The van der Waals surface area contributed by atoms with Gasteiger partial charge in [-0.2, -0.15) is 5.10 Å². The summed E-state index contributed by atoms with van der Waals surface area (Å²) in [7, 11) is 2.10. The van der Waals surface area contributed by atoms with Gasteiger partial charge in [0.15, 0.2) is 10.8 Å². The van der Waals surface area contributed by atoms with Crippen molar-refractivity contribution in [2.75, 3.05) is 11.9 Å². The van der Waals surface area contributed by atoms with Gasteiger partial charge in [0.25, 0.3) is 0 Å². The van der Waals surface area contributed by atoms with Gasteiger partial charge in [-0.15, -0.1) is 11.3 Å². The van der Waals surface area contributed by atoms with Crippen LogP contribution in [0.15, 0.2) is 94.7 Å². The maximum Gasteiger partial charge on any atom is 0.183 e. The first kappa shape index (κ1) is 22.0. The number of thiazole rings is 1. The average molecular weight is 466 g/mol. The quantitative estimate of drug-likeness (QED) is 0.211. The fourth-order valence-corrected chi connectivity index (χ4v) is 5.26. The number of nitrogens with zero attached hydrogens (tertiary/aromatic N) is 4.